The molecule has 0 amide bonds. The lowest BCUT2D eigenvalue weighted by Crippen LogP contribution is -2.14. The van der Waals surface area contributed by atoms with Gasteiger partial charge in [0.25, 0.3) is 0 Å². The van der Waals surface area contributed by atoms with Gasteiger partial charge in [-0.05, 0) is 17.7 Å². The molecule has 82 valence electrons. The molecule has 0 heterocycles. The predicted octanol–water partition coefficient (Wildman–Crippen LogP) is 1.86. The molecule has 0 bridgehead atoms. The first-order chi connectivity index (χ1) is 6.86. The molecule has 3 nitrogen and oxygen atoms in total. The van der Waals surface area contributed by atoms with Crippen molar-refractivity contribution in [3.05, 3.63) is 34.9 Å². The van der Waals surface area contributed by atoms with Crippen molar-refractivity contribution in [2.75, 3.05) is 0 Å². The monoisotopic (exact) mass is 219 g/mol. The Balaban J connectivity index is 3.36. The minimum absolute atomic E-state index is 0.0665. The Hall–Kier alpha value is -1.56. The second kappa shape index (κ2) is 3.90. The Morgan fingerprint density at radius 1 is 1.40 bits per heavy atom. The Morgan fingerprint density at radius 2 is 2.00 bits per heavy atom. The van der Waals surface area contributed by atoms with Crippen LogP contribution in [0.25, 0.3) is 0 Å². The molecular formula is C9H8F3NO2. The molecule has 0 spiro atoms. The van der Waals surface area contributed by atoms with Gasteiger partial charge >= 0.3 is 12.1 Å². The van der Waals surface area contributed by atoms with Gasteiger partial charge in [-0.25, -0.2) is 4.79 Å². The molecule has 0 saturated heterocycles. The minimum atomic E-state index is -4.68. The van der Waals surface area contributed by atoms with E-state index in [0.29, 0.717) is 0 Å². The third kappa shape index (κ3) is 2.47. The molecule has 0 saturated carbocycles. The van der Waals surface area contributed by atoms with E-state index in [-0.39, 0.29) is 12.1 Å². The van der Waals surface area contributed by atoms with Crippen LogP contribution >= 0.6 is 0 Å². The molecule has 0 aliphatic carbocycles. The number of aromatic carboxylic acids is 1. The highest BCUT2D eigenvalue weighted by Gasteiger charge is 2.35. The zero-order chi connectivity index (χ0) is 11.6. The van der Waals surface area contributed by atoms with E-state index in [1.54, 1.807) is 0 Å². The van der Waals surface area contributed by atoms with Gasteiger partial charge in [-0.1, -0.05) is 6.07 Å². The molecule has 6 heteroatoms. The van der Waals surface area contributed by atoms with Crippen LogP contribution < -0.4 is 5.73 Å². The fraction of sp³-hybridized carbons (Fsp3) is 0.222. The van der Waals surface area contributed by atoms with Crippen LogP contribution in [0.15, 0.2) is 18.2 Å². The van der Waals surface area contributed by atoms with Gasteiger partial charge in [-0.15, -0.1) is 0 Å². The van der Waals surface area contributed by atoms with Crippen molar-refractivity contribution in [1.82, 2.24) is 0 Å². The number of carboxylic acids is 1. The maximum Gasteiger partial charge on any atom is 0.417 e. The number of alkyl halides is 3. The Morgan fingerprint density at radius 3 is 2.40 bits per heavy atom. The molecule has 1 rings (SSSR count). The maximum absolute atomic E-state index is 12.4. The van der Waals surface area contributed by atoms with E-state index >= 15 is 0 Å². The van der Waals surface area contributed by atoms with Gasteiger partial charge in [0.05, 0.1) is 11.1 Å². The summed E-state index contributed by atoms with van der Waals surface area (Å²) in [5, 5.41) is 8.56. The zero-order valence-corrected chi connectivity index (χ0v) is 7.51. The molecule has 0 radical (unpaired) electrons. The van der Waals surface area contributed by atoms with Crippen LogP contribution in [-0.2, 0) is 12.7 Å². The summed E-state index contributed by atoms with van der Waals surface area (Å²) >= 11 is 0. The summed E-state index contributed by atoms with van der Waals surface area (Å²) in [6, 6.07) is 2.93. The first kappa shape index (κ1) is 11.5. The average Bonchev–Trinajstić information content (AvgIpc) is 2.15. The van der Waals surface area contributed by atoms with Gasteiger partial charge in [-0.2, -0.15) is 13.2 Å². The number of hydrogen-bond donors (Lipinski definition) is 2. The molecule has 0 unspecified atom stereocenters. The number of carbonyl (C=O) groups is 1. The number of benzene rings is 1. The second-order valence-corrected chi connectivity index (χ2v) is 2.89. The molecule has 1 aromatic rings. The lowest BCUT2D eigenvalue weighted by molar-refractivity contribution is -0.138. The van der Waals surface area contributed by atoms with Crippen LogP contribution in [0, 0.1) is 0 Å². The average molecular weight is 219 g/mol. The molecule has 15 heavy (non-hydrogen) atoms. The van der Waals surface area contributed by atoms with E-state index in [9.17, 15) is 18.0 Å². The Bertz CT molecular complexity index is 387. The fourth-order valence-electron chi connectivity index (χ4n) is 1.14. The number of carboxylic acid groups (broad SMARTS) is 1. The van der Waals surface area contributed by atoms with Gasteiger partial charge in [-0.3, -0.25) is 0 Å². The van der Waals surface area contributed by atoms with Crippen LogP contribution in [-0.4, -0.2) is 11.1 Å². The smallest absolute Gasteiger partial charge is 0.417 e. The number of rotatable bonds is 2. The molecular weight excluding hydrogens is 211 g/mol. The van der Waals surface area contributed by atoms with Crippen molar-refractivity contribution in [2.45, 2.75) is 12.7 Å². The highest BCUT2D eigenvalue weighted by molar-refractivity contribution is 5.89. The first-order valence-electron chi connectivity index (χ1n) is 3.99. The van der Waals surface area contributed by atoms with Crippen molar-refractivity contribution < 1.29 is 23.1 Å². The van der Waals surface area contributed by atoms with E-state index in [1.165, 1.54) is 6.07 Å². The number of nitrogens with two attached hydrogens (primary N) is 1. The largest absolute Gasteiger partial charge is 0.478 e. The molecule has 3 N–H and O–H groups in total. The molecule has 0 aromatic heterocycles. The lowest BCUT2D eigenvalue weighted by Gasteiger charge is -2.11. The summed E-state index contributed by atoms with van der Waals surface area (Å²) in [6.07, 6.45) is -4.68. The second-order valence-electron chi connectivity index (χ2n) is 2.89. The standard InChI is InChI=1S/C9H8F3NO2/c10-9(11,12)7-3-5(4-13)1-2-6(7)8(14)15/h1-3H,4,13H2,(H,14,15). The highest BCUT2D eigenvalue weighted by atomic mass is 19.4. The van der Waals surface area contributed by atoms with Gasteiger partial charge < -0.3 is 10.8 Å². The minimum Gasteiger partial charge on any atom is -0.478 e. The van der Waals surface area contributed by atoms with Gasteiger partial charge in [0.1, 0.15) is 0 Å². The van der Waals surface area contributed by atoms with Crippen LogP contribution in [0.2, 0.25) is 0 Å². The summed E-state index contributed by atoms with van der Waals surface area (Å²) in [5.41, 5.74) is 3.48. The summed E-state index contributed by atoms with van der Waals surface area (Å²) in [7, 11) is 0. The molecule has 0 fully saturated rings. The maximum atomic E-state index is 12.4. The van der Waals surface area contributed by atoms with Crippen molar-refractivity contribution in [3.63, 3.8) is 0 Å². The Labute approximate surface area is 83.3 Å². The number of hydrogen-bond acceptors (Lipinski definition) is 2. The third-order valence-corrected chi connectivity index (χ3v) is 1.86. The normalized spacial score (nSPS) is 11.5. The summed E-state index contributed by atoms with van der Waals surface area (Å²) in [4.78, 5) is 10.5. The van der Waals surface area contributed by atoms with Crippen LogP contribution in [0.3, 0.4) is 0 Å². The molecule has 0 aliphatic heterocycles. The predicted molar refractivity (Wildman–Crippen MR) is 46.3 cm³/mol. The van der Waals surface area contributed by atoms with Gasteiger partial charge in [0.15, 0.2) is 0 Å². The van der Waals surface area contributed by atoms with Crippen molar-refractivity contribution in [2.24, 2.45) is 5.73 Å². The van der Waals surface area contributed by atoms with Gasteiger partial charge in [0, 0.05) is 6.54 Å². The van der Waals surface area contributed by atoms with Gasteiger partial charge in [0.2, 0.25) is 0 Å². The van der Waals surface area contributed by atoms with Crippen LogP contribution in [0.4, 0.5) is 13.2 Å². The van der Waals surface area contributed by atoms with Crippen molar-refractivity contribution in [1.29, 1.82) is 0 Å². The van der Waals surface area contributed by atoms with E-state index in [4.69, 9.17) is 10.8 Å². The topological polar surface area (TPSA) is 63.3 Å². The van der Waals surface area contributed by atoms with Crippen LogP contribution in [0.1, 0.15) is 21.5 Å². The van der Waals surface area contributed by atoms with E-state index in [1.807, 2.05) is 0 Å². The molecule has 0 aliphatic rings. The SMILES string of the molecule is NCc1ccc(C(=O)O)c(C(F)(F)F)c1. The van der Waals surface area contributed by atoms with Crippen molar-refractivity contribution >= 4 is 5.97 Å². The van der Waals surface area contributed by atoms with E-state index < -0.39 is 23.3 Å². The third-order valence-electron chi connectivity index (χ3n) is 1.86. The quantitative estimate of drug-likeness (QED) is 0.797. The lowest BCUT2D eigenvalue weighted by atomic mass is 10.0. The molecule has 1 aromatic carbocycles. The van der Waals surface area contributed by atoms with E-state index in [0.717, 1.165) is 12.1 Å². The van der Waals surface area contributed by atoms with Crippen LogP contribution in [0.5, 0.6) is 0 Å². The zero-order valence-electron chi connectivity index (χ0n) is 7.51. The summed E-state index contributed by atoms with van der Waals surface area (Å²) in [6.45, 7) is -0.0665. The first-order valence-corrected chi connectivity index (χ1v) is 3.99. The van der Waals surface area contributed by atoms with E-state index in [2.05, 4.69) is 0 Å². The Kier molecular flexibility index (Phi) is 2.99. The summed E-state index contributed by atoms with van der Waals surface area (Å²) in [5.74, 6) is -1.61. The fourth-order valence-corrected chi connectivity index (χ4v) is 1.14. The van der Waals surface area contributed by atoms with Crippen molar-refractivity contribution in [3.8, 4) is 0 Å². The molecule has 0 atom stereocenters. The highest BCUT2D eigenvalue weighted by Crippen LogP contribution is 2.32. The number of halogens is 3. The summed E-state index contributed by atoms with van der Waals surface area (Å²) < 4.78 is 37.3.